The second-order valence-electron chi connectivity index (χ2n) is 7.10. The number of amides is 1. The van der Waals surface area contributed by atoms with Crippen molar-refractivity contribution < 1.29 is 4.79 Å². The Balaban J connectivity index is 1.73. The molecule has 2 aromatic heterocycles. The highest BCUT2D eigenvalue weighted by Gasteiger charge is 2.18. The molecule has 0 aliphatic rings. The molecule has 8 heteroatoms. The molecule has 1 amide bonds. The average Bonchev–Trinajstić information content (AvgIpc) is 3.09. The molecule has 30 heavy (non-hydrogen) atoms. The van der Waals surface area contributed by atoms with Crippen LogP contribution in [-0.4, -0.2) is 20.7 Å². The lowest BCUT2D eigenvalue weighted by Gasteiger charge is -2.11. The van der Waals surface area contributed by atoms with Gasteiger partial charge in [0.25, 0.3) is 5.56 Å². The standard InChI is InChI=1S/C22H19ClN4O2S/c1-12-4-9-17(13(2)10-12)25-18(28)11-27-22(29)20-21(30-14(3)24-20)19(26-27)15-5-7-16(23)8-6-15/h4-10H,11H2,1-3H3,(H,25,28). The fraction of sp³-hybridized carbons (Fsp3) is 0.182. The number of aryl methyl sites for hydroxylation is 3. The average molecular weight is 439 g/mol. The summed E-state index contributed by atoms with van der Waals surface area (Å²) in [4.78, 5) is 30.0. The van der Waals surface area contributed by atoms with E-state index in [0.717, 1.165) is 21.7 Å². The Morgan fingerprint density at radius 1 is 1.13 bits per heavy atom. The number of nitrogens with zero attached hydrogens (tertiary/aromatic N) is 3. The van der Waals surface area contributed by atoms with Gasteiger partial charge in [-0.1, -0.05) is 41.4 Å². The summed E-state index contributed by atoms with van der Waals surface area (Å²) in [6, 6.07) is 13.0. The van der Waals surface area contributed by atoms with Gasteiger partial charge in [0.2, 0.25) is 5.91 Å². The molecule has 0 atom stereocenters. The van der Waals surface area contributed by atoms with Gasteiger partial charge in [-0.2, -0.15) is 5.10 Å². The van der Waals surface area contributed by atoms with Crippen LogP contribution in [0.3, 0.4) is 0 Å². The number of carbonyl (C=O) groups excluding carboxylic acids is 1. The predicted octanol–water partition coefficient (Wildman–Crippen LogP) is 4.74. The van der Waals surface area contributed by atoms with Crippen molar-refractivity contribution in [3.63, 3.8) is 0 Å². The van der Waals surface area contributed by atoms with Gasteiger partial charge in [-0.25, -0.2) is 9.67 Å². The first-order chi connectivity index (χ1) is 14.3. The van der Waals surface area contributed by atoms with Crippen molar-refractivity contribution in [2.45, 2.75) is 27.3 Å². The van der Waals surface area contributed by atoms with E-state index in [9.17, 15) is 9.59 Å². The molecular weight excluding hydrogens is 420 g/mol. The number of thiazole rings is 1. The number of halogens is 1. The summed E-state index contributed by atoms with van der Waals surface area (Å²) in [5.41, 5.74) is 4.11. The minimum absolute atomic E-state index is 0.209. The molecule has 0 bridgehead atoms. The third-order valence-electron chi connectivity index (χ3n) is 4.67. The summed E-state index contributed by atoms with van der Waals surface area (Å²) in [7, 11) is 0. The molecule has 0 spiro atoms. The molecule has 152 valence electrons. The van der Waals surface area contributed by atoms with E-state index in [1.807, 2.05) is 51.1 Å². The number of carbonyl (C=O) groups is 1. The molecule has 0 aliphatic carbocycles. The van der Waals surface area contributed by atoms with Crippen LogP contribution < -0.4 is 10.9 Å². The van der Waals surface area contributed by atoms with Crippen molar-refractivity contribution in [2.24, 2.45) is 0 Å². The molecule has 4 rings (SSSR count). The summed E-state index contributed by atoms with van der Waals surface area (Å²) in [6.07, 6.45) is 0. The van der Waals surface area contributed by atoms with E-state index >= 15 is 0 Å². The molecule has 0 fully saturated rings. The van der Waals surface area contributed by atoms with Gasteiger partial charge in [0, 0.05) is 16.3 Å². The maximum Gasteiger partial charge on any atom is 0.294 e. The highest BCUT2D eigenvalue weighted by atomic mass is 35.5. The van der Waals surface area contributed by atoms with Gasteiger partial charge in [0.1, 0.15) is 12.2 Å². The maximum atomic E-state index is 12.9. The SMILES string of the molecule is Cc1ccc(NC(=O)Cn2nc(-c3ccc(Cl)cc3)c3sc(C)nc3c2=O)c(C)c1. The summed E-state index contributed by atoms with van der Waals surface area (Å²) in [6.45, 7) is 5.55. The Morgan fingerprint density at radius 3 is 2.57 bits per heavy atom. The van der Waals surface area contributed by atoms with E-state index in [4.69, 9.17) is 11.6 Å². The van der Waals surface area contributed by atoms with Crippen molar-refractivity contribution >= 4 is 44.7 Å². The maximum absolute atomic E-state index is 12.9. The zero-order valence-corrected chi connectivity index (χ0v) is 18.3. The summed E-state index contributed by atoms with van der Waals surface area (Å²) in [5.74, 6) is -0.329. The monoisotopic (exact) mass is 438 g/mol. The Kier molecular flexibility index (Phi) is 5.40. The lowest BCUT2D eigenvalue weighted by molar-refractivity contribution is -0.117. The Bertz CT molecular complexity index is 1330. The predicted molar refractivity (Wildman–Crippen MR) is 121 cm³/mol. The molecule has 4 aromatic rings. The number of aromatic nitrogens is 3. The number of hydrogen-bond acceptors (Lipinski definition) is 5. The van der Waals surface area contributed by atoms with Crippen molar-refractivity contribution in [1.82, 2.24) is 14.8 Å². The van der Waals surface area contributed by atoms with Crippen LogP contribution in [0.5, 0.6) is 0 Å². The molecule has 2 heterocycles. The summed E-state index contributed by atoms with van der Waals surface area (Å²) < 4.78 is 1.87. The lowest BCUT2D eigenvalue weighted by Crippen LogP contribution is -2.30. The van der Waals surface area contributed by atoms with E-state index in [1.54, 1.807) is 12.1 Å². The van der Waals surface area contributed by atoms with Crippen molar-refractivity contribution in [2.75, 3.05) is 5.32 Å². The van der Waals surface area contributed by atoms with Gasteiger partial charge < -0.3 is 5.32 Å². The van der Waals surface area contributed by atoms with Gasteiger partial charge in [-0.05, 0) is 44.5 Å². The van der Waals surface area contributed by atoms with Crippen LogP contribution in [-0.2, 0) is 11.3 Å². The zero-order chi connectivity index (χ0) is 21.4. The fourth-order valence-corrected chi connectivity index (χ4v) is 4.29. The normalized spacial score (nSPS) is 11.1. The van der Waals surface area contributed by atoms with Crippen LogP contribution in [0.1, 0.15) is 16.1 Å². The molecule has 0 unspecified atom stereocenters. The number of nitrogens with one attached hydrogen (secondary N) is 1. The van der Waals surface area contributed by atoms with Crippen molar-refractivity contribution in [3.8, 4) is 11.3 Å². The molecule has 0 aliphatic heterocycles. The number of benzene rings is 2. The van der Waals surface area contributed by atoms with Crippen LogP contribution in [0.4, 0.5) is 5.69 Å². The number of fused-ring (bicyclic) bond motifs is 1. The van der Waals surface area contributed by atoms with Crippen molar-refractivity contribution in [1.29, 1.82) is 0 Å². The quantitative estimate of drug-likeness (QED) is 0.499. The second-order valence-corrected chi connectivity index (χ2v) is 8.74. The molecule has 1 N–H and O–H groups in total. The summed E-state index contributed by atoms with van der Waals surface area (Å²) in [5, 5.41) is 8.73. The van der Waals surface area contributed by atoms with E-state index in [0.29, 0.717) is 26.6 Å². The lowest BCUT2D eigenvalue weighted by atomic mass is 10.1. The van der Waals surface area contributed by atoms with E-state index < -0.39 is 0 Å². The van der Waals surface area contributed by atoms with Gasteiger partial charge >= 0.3 is 0 Å². The van der Waals surface area contributed by atoms with Crippen molar-refractivity contribution in [3.05, 3.63) is 74.0 Å². The number of rotatable bonds is 4. The molecule has 0 saturated heterocycles. The Hall–Kier alpha value is -3.03. The zero-order valence-electron chi connectivity index (χ0n) is 16.7. The van der Waals surface area contributed by atoms with Crippen LogP contribution in [0.2, 0.25) is 5.02 Å². The largest absolute Gasteiger partial charge is 0.324 e. The first kappa shape index (κ1) is 20.3. The van der Waals surface area contributed by atoms with Gasteiger partial charge in [0.05, 0.1) is 9.71 Å². The van der Waals surface area contributed by atoms with E-state index in [2.05, 4.69) is 15.4 Å². The first-order valence-electron chi connectivity index (χ1n) is 9.33. The van der Waals surface area contributed by atoms with Crippen LogP contribution in [0.15, 0.2) is 47.3 Å². The molecule has 2 aromatic carbocycles. The third-order valence-corrected chi connectivity index (χ3v) is 5.90. The van der Waals surface area contributed by atoms with Crippen LogP contribution in [0.25, 0.3) is 21.5 Å². The molecule has 0 radical (unpaired) electrons. The van der Waals surface area contributed by atoms with E-state index in [-0.39, 0.29) is 18.0 Å². The fourth-order valence-electron chi connectivity index (χ4n) is 3.25. The first-order valence-corrected chi connectivity index (χ1v) is 10.5. The second kappa shape index (κ2) is 8.01. The minimum atomic E-state index is -0.386. The van der Waals surface area contributed by atoms with Crippen LogP contribution in [0, 0.1) is 20.8 Å². The minimum Gasteiger partial charge on any atom is -0.324 e. The molecule has 0 saturated carbocycles. The highest BCUT2D eigenvalue weighted by molar-refractivity contribution is 7.19. The highest BCUT2D eigenvalue weighted by Crippen LogP contribution is 2.30. The van der Waals surface area contributed by atoms with E-state index in [1.165, 1.54) is 16.0 Å². The Labute approximate surface area is 182 Å². The van der Waals surface area contributed by atoms with Crippen LogP contribution >= 0.6 is 22.9 Å². The summed E-state index contributed by atoms with van der Waals surface area (Å²) >= 11 is 7.41. The van der Waals surface area contributed by atoms with Gasteiger partial charge in [-0.15, -0.1) is 11.3 Å². The van der Waals surface area contributed by atoms with Gasteiger partial charge in [0.15, 0.2) is 5.52 Å². The number of anilines is 1. The smallest absolute Gasteiger partial charge is 0.294 e. The third kappa shape index (κ3) is 3.99. The topological polar surface area (TPSA) is 76.9 Å². The molecular formula is C22H19ClN4O2S. The Morgan fingerprint density at radius 2 is 1.87 bits per heavy atom. The van der Waals surface area contributed by atoms with Gasteiger partial charge in [-0.3, -0.25) is 9.59 Å². The number of hydrogen-bond donors (Lipinski definition) is 1. The molecule has 6 nitrogen and oxygen atoms in total.